The van der Waals surface area contributed by atoms with Crippen LogP contribution in [0.1, 0.15) is 39.4 Å². The number of benzene rings is 1. The molecule has 6 nitrogen and oxygen atoms in total. The van der Waals surface area contributed by atoms with Gasteiger partial charge in [0.2, 0.25) is 0 Å². The van der Waals surface area contributed by atoms with Gasteiger partial charge in [0.15, 0.2) is 6.10 Å². The van der Waals surface area contributed by atoms with Crippen LogP contribution in [0.5, 0.6) is 5.75 Å². The van der Waals surface area contributed by atoms with E-state index in [0.717, 1.165) is 5.57 Å². The van der Waals surface area contributed by atoms with Crippen molar-refractivity contribution in [1.29, 1.82) is 0 Å². The minimum absolute atomic E-state index is 0.368. The largest absolute Gasteiger partial charge is 0.484 e. The minimum Gasteiger partial charge on any atom is -0.484 e. The van der Waals surface area contributed by atoms with Crippen LogP contribution in [0.4, 0.5) is 0 Å². The van der Waals surface area contributed by atoms with E-state index in [1.54, 1.807) is 45.9 Å². The van der Waals surface area contributed by atoms with Crippen molar-refractivity contribution in [3.63, 3.8) is 0 Å². The second-order valence-corrected chi connectivity index (χ2v) is 6.91. The molecule has 0 aliphatic carbocycles. The lowest BCUT2D eigenvalue weighted by Gasteiger charge is -2.41. The lowest BCUT2D eigenvalue weighted by Crippen LogP contribution is -2.49. The molecule has 2 aromatic rings. The van der Waals surface area contributed by atoms with Crippen molar-refractivity contribution in [2.75, 3.05) is 0 Å². The number of carbonyl (C=O) groups excluding carboxylic acids is 1. The molecule has 1 aliphatic rings. The van der Waals surface area contributed by atoms with Crippen LogP contribution in [0.3, 0.4) is 0 Å². The molecule has 3 rings (SSSR count). The van der Waals surface area contributed by atoms with Crippen LogP contribution in [0.25, 0.3) is 11.0 Å². The van der Waals surface area contributed by atoms with Gasteiger partial charge in [-0.1, -0.05) is 5.57 Å². The molecule has 1 aromatic heterocycles. The predicted molar refractivity (Wildman–Crippen MR) is 91.5 cm³/mol. The van der Waals surface area contributed by atoms with Gasteiger partial charge < -0.3 is 19.0 Å². The zero-order valence-corrected chi connectivity index (χ0v) is 14.5. The zero-order valence-electron chi connectivity index (χ0n) is 14.5. The molecule has 2 unspecified atom stereocenters. The van der Waals surface area contributed by atoms with Gasteiger partial charge in [-0.3, -0.25) is 0 Å². The van der Waals surface area contributed by atoms with E-state index in [2.05, 4.69) is 0 Å². The first-order valence-electron chi connectivity index (χ1n) is 7.98. The molecule has 0 bridgehead atoms. The smallest absolute Gasteiger partial charge is 0.336 e. The number of esters is 1. The maximum atomic E-state index is 12.1. The van der Waals surface area contributed by atoms with Crippen LogP contribution in [-0.4, -0.2) is 22.8 Å². The first-order chi connectivity index (χ1) is 11.7. The topological polar surface area (TPSA) is 86.0 Å². The van der Waals surface area contributed by atoms with Crippen molar-refractivity contribution in [1.82, 2.24) is 0 Å². The van der Waals surface area contributed by atoms with Crippen molar-refractivity contribution in [3.05, 3.63) is 51.9 Å². The quantitative estimate of drug-likeness (QED) is 0.512. The average Bonchev–Trinajstić information content (AvgIpc) is 2.49. The Balaban J connectivity index is 2.12. The molecule has 1 aromatic carbocycles. The average molecular weight is 344 g/mol. The second-order valence-electron chi connectivity index (χ2n) is 6.91. The number of hydrogen-bond donors (Lipinski definition) is 1. The van der Waals surface area contributed by atoms with Gasteiger partial charge >= 0.3 is 11.6 Å². The predicted octanol–water partition coefficient (Wildman–Crippen LogP) is 2.88. The summed E-state index contributed by atoms with van der Waals surface area (Å²) < 4.78 is 16.5. The summed E-state index contributed by atoms with van der Waals surface area (Å²) in [6, 6.07) is 6.21. The lowest BCUT2D eigenvalue weighted by molar-refractivity contribution is -0.165. The number of carbonyl (C=O) groups is 1. The fraction of sp³-hybridized carbons (Fsp3) is 0.368. The first kappa shape index (κ1) is 17.2. The van der Waals surface area contributed by atoms with E-state index in [-0.39, 0.29) is 0 Å². The normalized spacial score (nSPS) is 21.2. The molecule has 0 spiro atoms. The van der Waals surface area contributed by atoms with Crippen LogP contribution in [0, 0.1) is 0 Å². The Kier molecular flexibility index (Phi) is 4.16. The highest BCUT2D eigenvalue weighted by molar-refractivity contribution is 5.83. The van der Waals surface area contributed by atoms with Gasteiger partial charge in [-0.15, -0.1) is 0 Å². The van der Waals surface area contributed by atoms with Crippen LogP contribution >= 0.6 is 0 Å². The van der Waals surface area contributed by atoms with Gasteiger partial charge in [-0.2, -0.15) is 0 Å². The number of aliphatic hydroxyl groups excluding tert-OH is 1. The summed E-state index contributed by atoms with van der Waals surface area (Å²) in [5.74, 6) is -0.125. The van der Waals surface area contributed by atoms with Crippen molar-refractivity contribution in [2.24, 2.45) is 0 Å². The third-order valence-corrected chi connectivity index (χ3v) is 4.08. The first-order valence-corrected chi connectivity index (χ1v) is 7.98. The van der Waals surface area contributed by atoms with E-state index >= 15 is 0 Å². The van der Waals surface area contributed by atoms with Crippen molar-refractivity contribution >= 4 is 16.9 Å². The molecule has 6 heteroatoms. The summed E-state index contributed by atoms with van der Waals surface area (Å²) in [7, 11) is 0. The number of ether oxygens (including phenoxy) is 2. The summed E-state index contributed by atoms with van der Waals surface area (Å²) in [5, 5.41) is 11.3. The maximum absolute atomic E-state index is 12.1. The zero-order chi connectivity index (χ0) is 18.4. The van der Waals surface area contributed by atoms with Crippen molar-refractivity contribution in [3.8, 4) is 5.75 Å². The number of allylic oxidation sites excluding steroid dienone is 1. The molecule has 132 valence electrons. The minimum atomic E-state index is -1.05. The van der Waals surface area contributed by atoms with Crippen LogP contribution in [-0.2, 0) is 9.53 Å². The number of fused-ring (bicyclic) bond motifs is 2. The third-order valence-electron chi connectivity index (χ3n) is 4.08. The van der Waals surface area contributed by atoms with Crippen molar-refractivity contribution < 1.29 is 23.8 Å². The summed E-state index contributed by atoms with van der Waals surface area (Å²) in [5.41, 5.74) is 0.253. The Morgan fingerprint density at radius 3 is 2.68 bits per heavy atom. The monoisotopic (exact) mass is 344 g/mol. The Bertz CT molecular complexity index is 917. The van der Waals surface area contributed by atoms with E-state index < -0.39 is 29.4 Å². The van der Waals surface area contributed by atoms with Crippen LogP contribution in [0.15, 0.2) is 45.1 Å². The van der Waals surface area contributed by atoms with Crippen LogP contribution in [0.2, 0.25) is 0 Å². The fourth-order valence-electron chi connectivity index (χ4n) is 2.83. The van der Waals surface area contributed by atoms with Gasteiger partial charge in [-0.25, -0.2) is 9.59 Å². The molecular weight excluding hydrogens is 324 g/mol. The molecule has 0 fully saturated rings. The highest BCUT2D eigenvalue weighted by Crippen LogP contribution is 2.43. The molecule has 0 radical (unpaired) electrons. The summed E-state index contributed by atoms with van der Waals surface area (Å²) in [6.45, 7) is 6.98. The molecule has 0 amide bonds. The van der Waals surface area contributed by atoms with E-state index in [0.29, 0.717) is 22.3 Å². The Morgan fingerprint density at radius 1 is 1.28 bits per heavy atom. The van der Waals surface area contributed by atoms with E-state index in [1.165, 1.54) is 12.1 Å². The van der Waals surface area contributed by atoms with Gasteiger partial charge in [0.1, 0.15) is 23.0 Å². The molecule has 25 heavy (non-hydrogen) atoms. The number of aliphatic hydroxyl groups is 1. The Morgan fingerprint density at radius 2 is 2.00 bits per heavy atom. The second kappa shape index (κ2) is 6.04. The van der Waals surface area contributed by atoms with Gasteiger partial charge in [0, 0.05) is 29.2 Å². The highest BCUT2D eigenvalue weighted by Gasteiger charge is 2.45. The highest BCUT2D eigenvalue weighted by atomic mass is 16.6. The number of rotatable bonds is 2. The molecular formula is C19H20O6. The molecule has 1 aliphatic heterocycles. The third kappa shape index (κ3) is 3.30. The molecule has 0 saturated heterocycles. The van der Waals surface area contributed by atoms with E-state index in [1.807, 2.05) is 0 Å². The van der Waals surface area contributed by atoms with Gasteiger partial charge in [-0.05, 0) is 39.8 Å². The molecule has 2 heterocycles. The van der Waals surface area contributed by atoms with Gasteiger partial charge in [0.05, 0.1) is 0 Å². The SMILES string of the molecule is CC(C)=CC(=O)OC1c2cc3ccc(=O)oc3cc2OC(C)(C)C1O. The fourth-order valence-corrected chi connectivity index (χ4v) is 2.83. The van der Waals surface area contributed by atoms with Crippen molar-refractivity contribution in [2.45, 2.75) is 45.5 Å². The molecule has 0 saturated carbocycles. The molecule has 2 atom stereocenters. The Labute approximate surface area is 144 Å². The maximum Gasteiger partial charge on any atom is 0.336 e. The summed E-state index contributed by atoms with van der Waals surface area (Å²) in [6.07, 6.45) is -0.574. The molecule has 1 N–H and O–H groups in total. The summed E-state index contributed by atoms with van der Waals surface area (Å²) >= 11 is 0. The van der Waals surface area contributed by atoms with Gasteiger partial charge in [0.25, 0.3) is 0 Å². The summed E-state index contributed by atoms with van der Waals surface area (Å²) in [4.78, 5) is 23.5. The Hall–Kier alpha value is -2.60. The number of hydrogen-bond acceptors (Lipinski definition) is 6. The van der Waals surface area contributed by atoms with E-state index in [4.69, 9.17) is 13.9 Å². The van der Waals surface area contributed by atoms with E-state index in [9.17, 15) is 14.7 Å². The van der Waals surface area contributed by atoms with Crippen LogP contribution < -0.4 is 10.4 Å². The standard InChI is InChI=1S/C19H20O6/c1-10(2)7-16(21)24-17-12-8-11-5-6-15(20)23-13(11)9-14(12)25-19(3,4)18(17)22/h5-9,17-18,22H,1-4H3. The lowest BCUT2D eigenvalue weighted by atomic mass is 9.88.